The van der Waals surface area contributed by atoms with Crippen molar-refractivity contribution < 1.29 is 18.3 Å². The average Bonchev–Trinajstić information content (AvgIpc) is 2.63. The Hall–Kier alpha value is -2.80. The van der Waals surface area contributed by atoms with E-state index in [1.807, 2.05) is 0 Å². The first-order valence-corrected chi connectivity index (χ1v) is 8.09. The third-order valence-corrected chi connectivity index (χ3v) is 4.04. The Morgan fingerprint density at radius 1 is 1.04 bits per heavy atom. The summed E-state index contributed by atoms with van der Waals surface area (Å²) in [6, 6.07) is 13.5. The van der Waals surface area contributed by atoms with Gasteiger partial charge in [-0.05, 0) is 30.0 Å². The lowest BCUT2D eigenvalue weighted by Crippen LogP contribution is -2.31. The van der Waals surface area contributed by atoms with Crippen molar-refractivity contribution in [1.29, 1.82) is 0 Å². The molecule has 2 N–H and O–H groups in total. The lowest BCUT2D eigenvalue weighted by molar-refractivity contribution is -0.137. The number of aromatic nitrogens is 1. The van der Waals surface area contributed by atoms with Crippen molar-refractivity contribution in [3.63, 3.8) is 0 Å². The van der Waals surface area contributed by atoms with Crippen molar-refractivity contribution in [2.75, 3.05) is 18.6 Å². The van der Waals surface area contributed by atoms with E-state index in [2.05, 4.69) is 5.43 Å². The molecule has 26 heavy (non-hydrogen) atoms. The molecule has 0 aliphatic carbocycles. The summed E-state index contributed by atoms with van der Waals surface area (Å²) in [5, 5.41) is 9.91. The number of nitrogens with zero attached hydrogens (tertiary/aromatic N) is 1. The Kier molecular flexibility index (Phi) is 4.99. The van der Waals surface area contributed by atoms with Crippen molar-refractivity contribution in [3.8, 4) is 11.3 Å². The molecule has 3 aromatic rings. The minimum absolute atomic E-state index is 0.0839. The van der Waals surface area contributed by atoms with Gasteiger partial charge in [0.05, 0.1) is 11.3 Å². The predicted octanol–water partition coefficient (Wildman–Crippen LogP) is 3.61. The molecule has 0 saturated heterocycles. The van der Waals surface area contributed by atoms with E-state index in [1.54, 1.807) is 30.3 Å². The van der Waals surface area contributed by atoms with Gasteiger partial charge in [0.25, 0.3) is 5.56 Å². The number of rotatable bonds is 5. The number of aliphatic hydroxyl groups is 1. The third kappa shape index (κ3) is 3.43. The van der Waals surface area contributed by atoms with Crippen LogP contribution in [0.1, 0.15) is 12.0 Å². The summed E-state index contributed by atoms with van der Waals surface area (Å²) in [6.45, 7) is 0.153. The van der Waals surface area contributed by atoms with Crippen molar-refractivity contribution >= 4 is 10.8 Å². The van der Waals surface area contributed by atoms with Gasteiger partial charge in [-0.3, -0.25) is 4.79 Å². The molecule has 0 amide bonds. The average molecular weight is 362 g/mol. The second kappa shape index (κ2) is 7.21. The first-order chi connectivity index (χ1) is 12.4. The van der Waals surface area contributed by atoms with Gasteiger partial charge in [-0.25, -0.2) is 4.68 Å². The van der Waals surface area contributed by atoms with Gasteiger partial charge < -0.3 is 10.5 Å². The molecule has 7 heteroatoms. The Balaban J connectivity index is 2.28. The van der Waals surface area contributed by atoms with E-state index >= 15 is 0 Å². The van der Waals surface area contributed by atoms with Crippen molar-refractivity contribution in [2.45, 2.75) is 12.6 Å². The highest BCUT2D eigenvalue weighted by molar-refractivity contribution is 5.86. The molecule has 136 valence electrons. The molecule has 0 saturated carbocycles. The van der Waals surface area contributed by atoms with Gasteiger partial charge >= 0.3 is 6.18 Å². The van der Waals surface area contributed by atoms with Gasteiger partial charge in [-0.15, -0.1) is 0 Å². The van der Waals surface area contributed by atoms with Crippen LogP contribution in [0.25, 0.3) is 22.0 Å². The lowest BCUT2D eigenvalue weighted by Gasteiger charge is -2.19. The van der Waals surface area contributed by atoms with Crippen LogP contribution in [-0.2, 0) is 6.18 Å². The van der Waals surface area contributed by atoms with Gasteiger partial charge in [0.15, 0.2) is 0 Å². The molecule has 0 aliphatic heterocycles. The van der Waals surface area contributed by atoms with Crippen molar-refractivity contribution in [3.05, 3.63) is 70.5 Å². The summed E-state index contributed by atoms with van der Waals surface area (Å²) in [6.07, 6.45) is -4.19. The number of pyridine rings is 1. The third-order valence-electron chi connectivity index (χ3n) is 4.04. The van der Waals surface area contributed by atoms with Crippen LogP contribution >= 0.6 is 0 Å². The first-order valence-electron chi connectivity index (χ1n) is 8.09. The van der Waals surface area contributed by atoms with E-state index in [0.29, 0.717) is 17.2 Å². The van der Waals surface area contributed by atoms with E-state index < -0.39 is 17.3 Å². The maximum absolute atomic E-state index is 13.4. The smallest absolute Gasteiger partial charge is 0.396 e. The minimum Gasteiger partial charge on any atom is -0.396 e. The van der Waals surface area contributed by atoms with Gasteiger partial charge in [0.2, 0.25) is 0 Å². The maximum atomic E-state index is 13.4. The van der Waals surface area contributed by atoms with E-state index in [1.165, 1.54) is 18.2 Å². The standard InChI is InChI=1S/C19H17F3N2O2/c20-19(21,22)16-9-4-3-8-15(16)17-12-13-6-1-2-7-14(13)18(26)24(17)23-10-5-11-25/h1-4,6-9,12,23,25H,5,10-11H2. The SMILES string of the molecule is O=c1c2ccccc2cc(-c2ccccc2C(F)(F)F)n1NCCCO. The molecule has 3 rings (SSSR count). The summed E-state index contributed by atoms with van der Waals surface area (Å²) in [7, 11) is 0. The second-order valence-corrected chi connectivity index (χ2v) is 5.79. The van der Waals surface area contributed by atoms with E-state index in [4.69, 9.17) is 5.11 Å². The highest BCUT2D eigenvalue weighted by Crippen LogP contribution is 2.37. The molecule has 4 nitrogen and oxygen atoms in total. The second-order valence-electron chi connectivity index (χ2n) is 5.79. The predicted molar refractivity (Wildman–Crippen MR) is 94.6 cm³/mol. The van der Waals surface area contributed by atoms with Crippen LogP contribution in [0.2, 0.25) is 0 Å². The Labute approximate surface area is 147 Å². The minimum atomic E-state index is -4.55. The molecule has 0 fully saturated rings. The number of aliphatic hydroxyl groups excluding tert-OH is 1. The maximum Gasteiger partial charge on any atom is 0.417 e. The molecule has 2 aromatic carbocycles. The lowest BCUT2D eigenvalue weighted by atomic mass is 10.0. The van der Waals surface area contributed by atoms with Gasteiger partial charge in [-0.1, -0.05) is 36.4 Å². The molecule has 0 radical (unpaired) electrons. The Morgan fingerprint density at radius 3 is 2.46 bits per heavy atom. The topological polar surface area (TPSA) is 54.3 Å². The number of hydrogen-bond donors (Lipinski definition) is 2. The van der Waals surface area contributed by atoms with Crippen LogP contribution in [0.15, 0.2) is 59.4 Å². The largest absolute Gasteiger partial charge is 0.417 e. The molecular weight excluding hydrogens is 345 g/mol. The Morgan fingerprint density at radius 2 is 1.73 bits per heavy atom. The van der Waals surface area contributed by atoms with Crippen LogP contribution in [0.4, 0.5) is 13.2 Å². The molecule has 0 aliphatic rings. The number of benzene rings is 2. The highest BCUT2D eigenvalue weighted by atomic mass is 19.4. The molecule has 1 aromatic heterocycles. The summed E-state index contributed by atoms with van der Waals surface area (Å²) < 4.78 is 41.5. The normalized spacial score (nSPS) is 11.7. The van der Waals surface area contributed by atoms with Crippen LogP contribution in [0, 0.1) is 0 Å². The number of alkyl halides is 3. The van der Waals surface area contributed by atoms with Crippen molar-refractivity contribution in [2.24, 2.45) is 0 Å². The number of nitrogens with one attached hydrogen (secondary N) is 1. The number of fused-ring (bicyclic) bond motifs is 1. The van der Waals surface area contributed by atoms with Crippen molar-refractivity contribution in [1.82, 2.24) is 4.68 Å². The zero-order valence-corrected chi connectivity index (χ0v) is 13.8. The molecular formula is C19H17F3N2O2. The molecule has 0 spiro atoms. The molecule has 0 atom stereocenters. The summed E-state index contributed by atoms with van der Waals surface area (Å²) in [5.74, 6) is 0. The Bertz CT molecular complexity index is 980. The first kappa shape index (κ1) is 18.0. The fraction of sp³-hybridized carbons (Fsp3) is 0.211. The summed E-state index contributed by atoms with van der Waals surface area (Å²) >= 11 is 0. The molecule has 1 heterocycles. The number of halogens is 3. The monoisotopic (exact) mass is 362 g/mol. The van der Waals surface area contributed by atoms with E-state index in [-0.39, 0.29) is 24.4 Å². The van der Waals surface area contributed by atoms with Crippen LogP contribution in [-0.4, -0.2) is 22.9 Å². The fourth-order valence-electron chi connectivity index (χ4n) is 2.84. The van der Waals surface area contributed by atoms with Crippen LogP contribution in [0.3, 0.4) is 0 Å². The van der Waals surface area contributed by atoms with Crippen LogP contribution < -0.4 is 11.0 Å². The molecule has 0 unspecified atom stereocenters. The fourth-order valence-corrected chi connectivity index (χ4v) is 2.84. The highest BCUT2D eigenvalue weighted by Gasteiger charge is 2.34. The summed E-state index contributed by atoms with van der Waals surface area (Å²) in [5.41, 5.74) is 1.62. The van der Waals surface area contributed by atoms with Crippen LogP contribution in [0.5, 0.6) is 0 Å². The zero-order valence-electron chi connectivity index (χ0n) is 13.8. The quantitative estimate of drug-likeness (QED) is 0.682. The van der Waals surface area contributed by atoms with Gasteiger partial charge in [0.1, 0.15) is 0 Å². The van der Waals surface area contributed by atoms with E-state index in [0.717, 1.165) is 10.7 Å². The summed E-state index contributed by atoms with van der Waals surface area (Å²) in [4.78, 5) is 12.8. The zero-order chi connectivity index (χ0) is 18.7. The molecule has 0 bridgehead atoms. The number of hydrogen-bond acceptors (Lipinski definition) is 3. The van der Waals surface area contributed by atoms with Gasteiger partial charge in [0, 0.05) is 24.1 Å². The van der Waals surface area contributed by atoms with Gasteiger partial charge in [-0.2, -0.15) is 13.2 Å². The van der Waals surface area contributed by atoms with E-state index in [9.17, 15) is 18.0 Å².